The van der Waals surface area contributed by atoms with Gasteiger partial charge in [0, 0.05) is 22.3 Å². The minimum absolute atomic E-state index is 0.230. The van der Waals surface area contributed by atoms with Crippen LogP contribution in [0.25, 0.3) is 21.7 Å². The van der Waals surface area contributed by atoms with Gasteiger partial charge in [-0.25, -0.2) is 0 Å². The molecule has 0 saturated carbocycles. The molecule has 4 aromatic carbocycles. The van der Waals surface area contributed by atoms with E-state index in [1.165, 1.54) is 12.1 Å². The number of halogens is 3. The minimum atomic E-state index is -4.42. The Kier molecular flexibility index (Phi) is 5.43. The highest BCUT2D eigenvalue weighted by molar-refractivity contribution is 6.03. The second-order valence-corrected chi connectivity index (χ2v) is 8.27. The van der Waals surface area contributed by atoms with Crippen molar-refractivity contribution in [1.29, 1.82) is 0 Å². The van der Waals surface area contributed by atoms with Crippen molar-refractivity contribution in [3.63, 3.8) is 0 Å². The van der Waals surface area contributed by atoms with Crippen LogP contribution >= 0.6 is 0 Å². The molecule has 0 spiro atoms. The van der Waals surface area contributed by atoms with E-state index in [0.717, 1.165) is 39.5 Å². The molecule has 0 aliphatic heterocycles. The zero-order valence-corrected chi connectivity index (χ0v) is 18.6. The number of hydrogen-bond acceptors (Lipinski definition) is 3. The van der Waals surface area contributed by atoms with Crippen molar-refractivity contribution < 1.29 is 22.7 Å². The molecule has 5 nitrogen and oxygen atoms in total. The lowest BCUT2D eigenvalue weighted by molar-refractivity contribution is -0.137. The first-order chi connectivity index (χ1) is 16.7. The molecule has 0 saturated heterocycles. The number of rotatable bonds is 5. The number of amides is 1. The number of para-hydroxylation sites is 1. The topological polar surface area (TPSA) is 81.0 Å². The lowest BCUT2D eigenvalue weighted by Crippen LogP contribution is -2.16. The summed E-state index contributed by atoms with van der Waals surface area (Å²) in [5.41, 5.74) is 7.92. The number of hydrogen-bond donors (Lipinski definition) is 2. The number of nitrogens with zero attached hydrogens (tertiary/aromatic N) is 1. The Labute approximate surface area is 198 Å². The Balaban J connectivity index is 1.63. The van der Waals surface area contributed by atoms with Crippen molar-refractivity contribution in [2.24, 2.45) is 5.73 Å². The number of benzene rings is 4. The van der Waals surface area contributed by atoms with Crippen LogP contribution in [0, 0.1) is 0 Å². The van der Waals surface area contributed by atoms with Crippen molar-refractivity contribution in [2.45, 2.75) is 19.0 Å². The summed E-state index contributed by atoms with van der Waals surface area (Å²) in [4.78, 5) is 12.4. The summed E-state index contributed by atoms with van der Waals surface area (Å²) in [6.45, 7) is 1.99. The van der Waals surface area contributed by atoms with Crippen LogP contribution < -0.4 is 10.5 Å². The Bertz CT molecular complexity index is 1560. The molecule has 176 valence electrons. The summed E-state index contributed by atoms with van der Waals surface area (Å²) in [5, 5.41) is 9.57. The van der Waals surface area contributed by atoms with E-state index >= 15 is 0 Å². The van der Waals surface area contributed by atoms with Gasteiger partial charge in [0.1, 0.15) is 11.5 Å². The fourth-order valence-corrected chi connectivity index (χ4v) is 4.47. The van der Waals surface area contributed by atoms with E-state index in [9.17, 15) is 18.0 Å². The SMILES string of the molecule is C[C@@H](c1c(C(N)=O)ccc2c(Oc3ccc(C(F)(F)F)cc3)cccc12)c1cccc2cn[nH]c12. The summed E-state index contributed by atoms with van der Waals surface area (Å²) in [7, 11) is 0. The Hall–Kier alpha value is -4.33. The summed E-state index contributed by atoms with van der Waals surface area (Å²) in [6, 6.07) is 19.1. The van der Waals surface area contributed by atoms with Crippen LogP contribution in [0.5, 0.6) is 11.5 Å². The Morgan fingerprint density at radius 1 is 0.971 bits per heavy atom. The van der Waals surface area contributed by atoms with E-state index in [1.807, 2.05) is 31.2 Å². The summed E-state index contributed by atoms with van der Waals surface area (Å²) < 4.78 is 44.7. The normalized spacial score (nSPS) is 12.7. The summed E-state index contributed by atoms with van der Waals surface area (Å²) in [5.74, 6) is -0.0703. The van der Waals surface area contributed by atoms with Crippen LogP contribution in [0.3, 0.4) is 0 Å². The molecule has 0 radical (unpaired) electrons. The molecule has 3 N–H and O–H groups in total. The van der Waals surface area contributed by atoms with Crippen molar-refractivity contribution in [2.75, 3.05) is 0 Å². The monoisotopic (exact) mass is 475 g/mol. The standard InChI is InChI=1S/C27H20F3N3O2/c1-15(19-5-2-4-16-14-32-33-25(16)19)24-21-6-3-7-23(20(21)12-13-22(24)26(31)34)35-18-10-8-17(9-11-18)27(28,29)30/h2-15H,1H3,(H2,31,34)(H,32,33)/t15-/m1/s1. The van der Waals surface area contributed by atoms with E-state index < -0.39 is 17.6 Å². The Morgan fingerprint density at radius 3 is 2.43 bits per heavy atom. The molecule has 0 fully saturated rings. The quantitative estimate of drug-likeness (QED) is 0.294. The minimum Gasteiger partial charge on any atom is -0.457 e. The number of fused-ring (bicyclic) bond motifs is 2. The number of nitrogens with one attached hydrogen (secondary N) is 1. The van der Waals surface area contributed by atoms with E-state index in [-0.39, 0.29) is 11.7 Å². The average molecular weight is 475 g/mol. The number of nitrogens with two attached hydrogens (primary N) is 1. The van der Waals surface area contributed by atoms with Gasteiger partial charge in [0.2, 0.25) is 5.91 Å². The second-order valence-electron chi connectivity index (χ2n) is 8.27. The zero-order valence-electron chi connectivity index (χ0n) is 18.6. The average Bonchev–Trinajstić information content (AvgIpc) is 3.32. The van der Waals surface area contributed by atoms with Crippen molar-refractivity contribution in [1.82, 2.24) is 10.2 Å². The molecule has 1 amide bonds. The predicted octanol–water partition coefficient (Wildman–Crippen LogP) is 6.78. The molecule has 5 rings (SSSR count). The number of H-pyrrole nitrogens is 1. The lowest BCUT2D eigenvalue weighted by atomic mass is 9.84. The molecule has 0 aliphatic carbocycles. The molecule has 1 aromatic heterocycles. The van der Waals surface area contributed by atoms with Crippen LogP contribution in [0.1, 0.15) is 39.9 Å². The first-order valence-electron chi connectivity index (χ1n) is 10.9. The second kappa shape index (κ2) is 8.47. The van der Waals surface area contributed by atoms with Crippen molar-refractivity contribution in [3.8, 4) is 11.5 Å². The highest BCUT2D eigenvalue weighted by Crippen LogP contribution is 2.40. The molecular formula is C27H20F3N3O2. The number of carbonyl (C=O) groups excluding carboxylic acids is 1. The number of aromatic nitrogens is 2. The maximum Gasteiger partial charge on any atom is 0.416 e. The maximum atomic E-state index is 12.9. The largest absolute Gasteiger partial charge is 0.457 e. The molecule has 8 heteroatoms. The molecule has 35 heavy (non-hydrogen) atoms. The molecule has 1 heterocycles. The molecule has 0 unspecified atom stereocenters. The van der Waals surface area contributed by atoms with Gasteiger partial charge in [-0.1, -0.05) is 37.3 Å². The predicted molar refractivity (Wildman–Crippen MR) is 128 cm³/mol. The van der Waals surface area contributed by atoms with Crippen LogP contribution in [0.2, 0.25) is 0 Å². The van der Waals surface area contributed by atoms with Gasteiger partial charge >= 0.3 is 6.18 Å². The summed E-state index contributed by atoms with van der Waals surface area (Å²) in [6.07, 6.45) is -2.69. The van der Waals surface area contributed by atoms with Gasteiger partial charge in [-0.05, 0) is 59.0 Å². The smallest absolute Gasteiger partial charge is 0.416 e. The van der Waals surface area contributed by atoms with Crippen LogP contribution in [0.15, 0.2) is 79.0 Å². The number of alkyl halides is 3. The molecule has 0 aliphatic rings. The molecular weight excluding hydrogens is 455 g/mol. The van der Waals surface area contributed by atoms with Gasteiger partial charge in [0.15, 0.2) is 0 Å². The molecule has 0 bridgehead atoms. The highest BCUT2D eigenvalue weighted by Gasteiger charge is 2.30. The first kappa shape index (κ1) is 22.5. The number of primary amides is 1. The van der Waals surface area contributed by atoms with Gasteiger partial charge in [0.25, 0.3) is 0 Å². The fraction of sp³-hybridized carbons (Fsp3) is 0.111. The van der Waals surface area contributed by atoms with E-state index in [1.54, 1.807) is 30.5 Å². The van der Waals surface area contributed by atoms with E-state index in [2.05, 4.69) is 10.2 Å². The van der Waals surface area contributed by atoms with Gasteiger partial charge in [0.05, 0.1) is 17.3 Å². The van der Waals surface area contributed by atoms with Gasteiger partial charge < -0.3 is 10.5 Å². The first-order valence-corrected chi connectivity index (χ1v) is 10.9. The molecule has 5 aromatic rings. The van der Waals surface area contributed by atoms with Crippen molar-refractivity contribution in [3.05, 3.63) is 101 Å². The molecule has 1 atom stereocenters. The zero-order chi connectivity index (χ0) is 24.7. The van der Waals surface area contributed by atoms with E-state index in [4.69, 9.17) is 10.5 Å². The maximum absolute atomic E-state index is 12.9. The van der Waals surface area contributed by atoms with Gasteiger partial charge in [-0.2, -0.15) is 18.3 Å². The Morgan fingerprint density at radius 2 is 1.71 bits per heavy atom. The van der Waals surface area contributed by atoms with Crippen LogP contribution in [0.4, 0.5) is 13.2 Å². The van der Waals surface area contributed by atoms with Crippen molar-refractivity contribution >= 4 is 27.6 Å². The fourth-order valence-electron chi connectivity index (χ4n) is 4.47. The highest BCUT2D eigenvalue weighted by atomic mass is 19.4. The number of ether oxygens (including phenoxy) is 1. The van der Waals surface area contributed by atoms with Crippen LogP contribution in [-0.2, 0) is 6.18 Å². The lowest BCUT2D eigenvalue weighted by Gasteiger charge is -2.20. The third-order valence-corrected chi connectivity index (χ3v) is 6.15. The third-order valence-electron chi connectivity index (χ3n) is 6.15. The van der Waals surface area contributed by atoms with E-state index in [0.29, 0.717) is 16.7 Å². The summed E-state index contributed by atoms with van der Waals surface area (Å²) >= 11 is 0. The number of aromatic amines is 1. The van der Waals surface area contributed by atoms with Gasteiger partial charge in [-0.3, -0.25) is 9.89 Å². The number of carbonyl (C=O) groups is 1. The van der Waals surface area contributed by atoms with Gasteiger partial charge in [-0.15, -0.1) is 0 Å². The third kappa shape index (κ3) is 4.07. The van der Waals surface area contributed by atoms with Crippen LogP contribution in [-0.4, -0.2) is 16.1 Å².